The zero-order valence-electron chi connectivity index (χ0n) is 22.1. The van der Waals surface area contributed by atoms with Crippen molar-refractivity contribution in [1.82, 2.24) is 9.88 Å². The van der Waals surface area contributed by atoms with Crippen molar-refractivity contribution in [3.8, 4) is 11.5 Å². The first kappa shape index (κ1) is 27.4. The van der Waals surface area contributed by atoms with Gasteiger partial charge in [-0.25, -0.2) is 4.39 Å². The van der Waals surface area contributed by atoms with Gasteiger partial charge in [0.1, 0.15) is 17.3 Å². The Hall–Kier alpha value is -4.13. The molecular weight excluding hydrogens is 527 g/mol. The first-order chi connectivity index (χ1) is 19.5. The van der Waals surface area contributed by atoms with Gasteiger partial charge in [0.05, 0.1) is 6.61 Å². The Morgan fingerprint density at radius 1 is 0.950 bits per heavy atom. The Bertz CT molecular complexity index is 1580. The molecule has 0 aliphatic heterocycles. The summed E-state index contributed by atoms with van der Waals surface area (Å²) >= 11 is 6.03. The van der Waals surface area contributed by atoms with Gasteiger partial charge in [-0.1, -0.05) is 54.1 Å². The molecule has 0 saturated heterocycles. The van der Waals surface area contributed by atoms with E-state index < -0.39 is 0 Å². The molecule has 5 rings (SSSR count). The van der Waals surface area contributed by atoms with Crippen LogP contribution >= 0.6 is 11.6 Å². The fourth-order valence-electron chi connectivity index (χ4n) is 4.86. The van der Waals surface area contributed by atoms with E-state index >= 15 is 0 Å². The minimum absolute atomic E-state index is 0.0681. The first-order valence-corrected chi connectivity index (χ1v) is 13.5. The van der Waals surface area contributed by atoms with Crippen LogP contribution in [0, 0.1) is 5.82 Å². The third-order valence-corrected chi connectivity index (χ3v) is 7.04. The van der Waals surface area contributed by atoms with E-state index in [-0.39, 0.29) is 24.1 Å². The largest absolute Gasteiger partial charge is 0.457 e. The van der Waals surface area contributed by atoms with Crippen LogP contribution in [0.3, 0.4) is 0 Å². The van der Waals surface area contributed by atoms with Crippen LogP contribution in [-0.4, -0.2) is 30.7 Å². The van der Waals surface area contributed by atoms with E-state index in [2.05, 4.69) is 28.2 Å². The van der Waals surface area contributed by atoms with Gasteiger partial charge in [-0.3, -0.25) is 4.79 Å². The molecule has 1 atom stereocenters. The molecule has 0 fully saturated rings. The van der Waals surface area contributed by atoms with Crippen LogP contribution in [0.15, 0.2) is 103 Å². The quantitative estimate of drug-likeness (QED) is 0.171. The van der Waals surface area contributed by atoms with Crippen molar-refractivity contribution in [3.63, 3.8) is 0 Å². The number of nitrogens with one attached hydrogen (secondary N) is 1. The second-order valence-electron chi connectivity index (χ2n) is 9.58. The van der Waals surface area contributed by atoms with Crippen LogP contribution < -0.4 is 10.1 Å². The average Bonchev–Trinajstić information content (AvgIpc) is 3.32. The summed E-state index contributed by atoms with van der Waals surface area (Å²) < 4.78 is 26.9. The molecule has 1 N–H and O–H groups in total. The molecule has 5 nitrogen and oxygen atoms in total. The highest BCUT2D eigenvalue weighted by molar-refractivity contribution is 6.30. The number of halogens is 2. The number of aromatic nitrogens is 1. The number of rotatable bonds is 11. The van der Waals surface area contributed by atoms with Crippen molar-refractivity contribution in [2.75, 3.05) is 20.3 Å². The second kappa shape index (κ2) is 12.8. The highest BCUT2D eigenvalue weighted by Crippen LogP contribution is 2.37. The first-order valence-electron chi connectivity index (χ1n) is 13.1. The van der Waals surface area contributed by atoms with Crippen LogP contribution in [-0.2, 0) is 16.1 Å². The van der Waals surface area contributed by atoms with Gasteiger partial charge in [0.25, 0.3) is 0 Å². The second-order valence-corrected chi connectivity index (χ2v) is 10.0. The Morgan fingerprint density at radius 2 is 1.73 bits per heavy atom. The minimum Gasteiger partial charge on any atom is -0.457 e. The van der Waals surface area contributed by atoms with Crippen molar-refractivity contribution in [1.29, 1.82) is 0 Å². The van der Waals surface area contributed by atoms with Gasteiger partial charge in [0.15, 0.2) is 0 Å². The smallest absolute Gasteiger partial charge is 0.221 e. The van der Waals surface area contributed by atoms with Gasteiger partial charge < -0.3 is 19.4 Å². The number of benzene rings is 4. The maximum absolute atomic E-state index is 13.5. The van der Waals surface area contributed by atoms with E-state index in [0.29, 0.717) is 36.2 Å². The van der Waals surface area contributed by atoms with E-state index in [1.54, 1.807) is 31.4 Å². The Labute approximate surface area is 238 Å². The summed E-state index contributed by atoms with van der Waals surface area (Å²) in [4.78, 5) is 13.1. The number of nitrogens with zero attached hydrogens (tertiary/aromatic N) is 1. The van der Waals surface area contributed by atoms with E-state index in [4.69, 9.17) is 21.1 Å². The molecule has 0 unspecified atom stereocenters. The van der Waals surface area contributed by atoms with Crippen LogP contribution in [0.25, 0.3) is 10.9 Å². The fourth-order valence-corrected chi connectivity index (χ4v) is 4.99. The minimum atomic E-state index is -0.262. The molecule has 204 valence electrons. The highest BCUT2D eigenvalue weighted by Gasteiger charge is 2.23. The number of hydrogen-bond acceptors (Lipinski definition) is 3. The summed E-state index contributed by atoms with van der Waals surface area (Å²) in [5.74, 6) is 0.769. The van der Waals surface area contributed by atoms with Crippen LogP contribution in [0.1, 0.15) is 29.0 Å². The molecule has 0 radical (unpaired) electrons. The third kappa shape index (κ3) is 6.71. The number of carbonyl (C=O) groups is 1. The SMILES string of the molecule is COCCNC(=O)C[C@H](c1cccc(Oc2ccc(Cl)cc2)c1)c1cn(Cc2ccc(F)cc2)c2ccccc12. The summed E-state index contributed by atoms with van der Waals surface area (Å²) in [6.07, 6.45) is 2.35. The zero-order chi connectivity index (χ0) is 27.9. The predicted molar refractivity (Wildman–Crippen MR) is 157 cm³/mol. The molecule has 1 heterocycles. The molecule has 1 amide bonds. The van der Waals surface area contributed by atoms with Crippen molar-refractivity contribution in [2.45, 2.75) is 18.9 Å². The molecule has 4 aromatic carbocycles. The molecule has 40 heavy (non-hydrogen) atoms. The van der Waals surface area contributed by atoms with Crippen molar-refractivity contribution in [3.05, 3.63) is 131 Å². The molecule has 0 aliphatic carbocycles. The lowest BCUT2D eigenvalue weighted by Crippen LogP contribution is -2.28. The number of para-hydroxylation sites is 1. The highest BCUT2D eigenvalue weighted by atomic mass is 35.5. The Balaban J connectivity index is 1.52. The van der Waals surface area contributed by atoms with Crippen LogP contribution in [0.2, 0.25) is 5.02 Å². The predicted octanol–water partition coefficient (Wildman–Crippen LogP) is 7.56. The molecular formula is C33H30ClFN2O3. The normalized spacial score (nSPS) is 11.9. The lowest BCUT2D eigenvalue weighted by molar-refractivity contribution is -0.121. The Kier molecular flexibility index (Phi) is 8.79. The average molecular weight is 557 g/mol. The van der Waals surface area contributed by atoms with Gasteiger partial charge in [-0.15, -0.1) is 0 Å². The summed E-state index contributed by atoms with van der Waals surface area (Å²) in [6, 6.07) is 29.7. The van der Waals surface area contributed by atoms with Crippen molar-refractivity contribution < 1.29 is 18.7 Å². The van der Waals surface area contributed by atoms with Crippen LogP contribution in [0.5, 0.6) is 11.5 Å². The third-order valence-electron chi connectivity index (χ3n) is 6.79. The van der Waals surface area contributed by atoms with Gasteiger partial charge in [-0.05, 0) is 71.3 Å². The number of amides is 1. The maximum atomic E-state index is 13.5. The summed E-state index contributed by atoms with van der Waals surface area (Å²) in [5.41, 5.74) is 4.02. The van der Waals surface area contributed by atoms with E-state index in [1.807, 2.05) is 48.5 Å². The van der Waals surface area contributed by atoms with Crippen molar-refractivity contribution >= 4 is 28.4 Å². The standard InChI is InChI=1S/C33H30ClFN2O3/c1-39-18-17-36-33(38)20-30(24-5-4-6-28(19-24)40-27-15-11-25(34)12-16-27)31-22-37(32-8-3-2-7-29(31)32)21-23-9-13-26(35)14-10-23/h2-16,19,22,30H,17-18,20-21H2,1H3,(H,36,38)/t30-/m1/s1. The van der Waals surface area contributed by atoms with E-state index in [9.17, 15) is 9.18 Å². The number of ether oxygens (including phenoxy) is 2. The van der Waals surface area contributed by atoms with Gasteiger partial charge >= 0.3 is 0 Å². The molecule has 0 spiro atoms. The van der Waals surface area contributed by atoms with Gasteiger partial charge in [0.2, 0.25) is 5.91 Å². The van der Waals surface area contributed by atoms with Crippen LogP contribution in [0.4, 0.5) is 4.39 Å². The maximum Gasteiger partial charge on any atom is 0.221 e. The van der Waals surface area contributed by atoms with Gasteiger partial charge in [0, 0.05) is 54.7 Å². The fraction of sp³-hybridized carbons (Fsp3) is 0.182. The number of fused-ring (bicyclic) bond motifs is 1. The molecule has 1 aromatic heterocycles. The van der Waals surface area contributed by atoms with E-state index in [0.717, 1.165) is 27.6 Å². The summed E-state index contributed by atoms with van der Waals surface area (Å²) in [5, 5.41) is 4.66. The summed E-state index contributed by atoms with van der Waals surface area (Å²) in [7, 11) is 1.61. The molecule has 7 heteroatoms. The Morgan fingerprint density at radius 3 is 2.50 bits per heavy atom. The molecule has 0 saturated carbocycles. The van der Waals surface area contributed by atoms with E-state index in [1.165, 1.54) is 12.1 Å². The molecule has 5 aromatic rings. The topological polar surface area (TPSA) is 52.5 Å². The number of methoxy groups -OCH3 is 1. The number of carbonyl (C=O) groups excluding carboxylic acids is 1. The summed E-state index contributed by atoms with van der Waals surface area (Å²) in [6.45, 7) is 1.46. The molecule has 0 bridgehead atoms. The lowest BCUT2D eigenvalue weighted by Gasteiger charge is -2.18. The van der Waals surface area contributed by atoms with Crippen molar-refractivity contribution in [2.24, 2.45) is 0 Å². The lowest BCUT2D eigenvalue weighted by atomic mass is 9.88. The van der Waals surface area contributed by atoms with Gasteiger partial charge in [-0.2, -0.15) is 0 Å². The zero-order valence-corrected chi connectivity index (χ0v) is 22.9. The molecule has 0 aliphatic rings. The monoisotopic (exact) mass is 556 g/mol. The number of hydrogen-bond donors (Lipinski definition) is 1.